The maximum Gasteiger partial charge on any atom is 0.0556 e. The second-order valence-corrected chi connectivity index (χ2v) is 5.69. The van der Waals surface area contributed by atoms with Crippen molar-refractivity contribution in [3.8, 4) is 5.69 Å². The Balaban J connectivity index is 2.21. The first kappa shape index (κ1) is 13.2. The second kappa shape index (κ2) is 5.08. The normalized spacial score (nSPS) is 11.2. The van der Waals surface area contributed by atoms with Crippen molar-refractivity contribution in [2.45, 2.75) is 0 Å². The lowest BCUT2D eigenvalue weighted by Gasteiger charge is -2.07. The van der Waals surface area contributed by atoms with Crippen molar-refractivity contribution in [2.75, 3.05) is 12.4 Å². The monoisotopic (exact) mass is 306 g/mol. The van der Waals surface area contributed by atoms with Crippen LogP contribution in [0.3, 0.4) is 0 Å². The van der Waals surface area contributed by atoms with E-state index in [9.17, 15) is 0 Å². The zero-order valence-electron chi connectivity index (χ0n) is 12.2. The second-order valence-electron chi connectivity index (χ2n) is 5.29. The summed E-state index contributed by atoms with van der Waals surface area (Å²) in [5.41, 5.74) is 4.51. The number of rotatable bonds is 2. The number of aromatic nitrogens is 1. The summed E-state index contributed by atoms with van der Waals surface area (Å²) in [5.74, 6) is 0. The zero-order chi connectivity index (χ0) is 15.1. The first-order chi connectivity index (χ1) is 10.8. The van der Waals surface area contributed by atoms with Crippen LogP contribution in [-0.2, 0) is 0 Å². The molecule has 0 aliphatic heterocycles. The molecule has 0 atom stereocenters. The van der Waals surface area contributed by atoms with Crippen LogP contribution in [0.5, 0.6) is 0 Å². The molecule has 22 heavy (non-hydrogen) atoms. The maximum absolute atomic E-state index is 6.50. The molecule has 4 rings (SSSR count). The average molecular weight is 307 g/mol. The molecule has 1 N–H and O–H groups in total. The predicted molar refractivity (Wildman–Crippen MR) is 95.3 cm³/mol. The molecule has 0 aliphatic carbocycles. The van der Waals surface area contributed by atoms with Gasteiger partial charge in [0, 0.05) is 29.2 Å². The van der Waals surface area contributed by atoms with E-state index in [0.29, 0.717) is 0 Å². The fourth-order valence-corrected chi connectivity index (χ4v) is 3.31. The molecule has 1 aromatic heterocycles. The van der Waals surface area contributed by atoms with Crippen molar-refractivity contribution >= 4 is 39.1 Å². The molecule has 1 heterocycles. The summed E-state index contributed by atoms with van der Waals surface area (Å²) in [7, 11) is 1.93. The topological polar surface area (TPSA) is 17.0 Å². The third-order valence-corrected chi connectivity index (χ3v) is 4.36. The Hall–Kier alpha value is -2.45. The number of para-hydroxylation sites is 1. The lowest BCUT2D eigenvalue weighted by Crippen LogP contribution is -1.93. The molecule has 0 aliphatic rings. The molecular formula is C19H15ClN2. The summed E-state index contributed by atoms with van der Waals surface area (Å²) in [6.45, 7) is 0. The minimum Gasteiger partial charge on any atom is -0.388 e. The minimum absolute atomic E-state index is 0.783. The Morgan fingerprint density at radius 1 is 0.864 bits per heavy atom. The van der Waals surface area contributed by atoms with Gasteiger partial charge in [-0.2, -0.15) is 0 Å². The summed E-state index contributed by atoms with van der Waals surface area (Å²) in [6.07, 6.45) is 0. The molecule has 2 nitrogen and oxygen atoms in total. The first-order valence-electron chi connectivity index (χ1n) is 7.25. The van der Waals surface area contributed by atoms with Crippen LogP contribution >= 0.6 is 11.6 Å². The van der Waals surface area contributed by atoms with Gasteiger partial charge >= 0.3 is 0 Å². The average Bonchev–Trinajstić information content (AvgIpc) is 2.90. The van der Waals surface area contributed by atoms with Gasteiger partial charge in [0.05, 0.1) is 16.1 Å². The number of benzene rings is 3. The van der Waals surface area contributed by atoms with Crippen LogP contribution in [-0.4, -0.2) is 11.6 Å². The molecule has 0 bridgehead atoms. The molecule has 0 saturated heterocycles. The minimum atomic E-state index is 0.783. The number of hydrogen-bond acceptors (Lipinski definition) is 1. The third kappa shape index (κ3) is 1.88. The van der Waals surface area contributed by atoms with E-state index in [1.54, 1.807) is 0 Å². The molecule has 0 unspecified atom stereocenters. The molecule has 0 fully saturated rings. The summed E-state index contributed by atoms with van der Waals surface area (Å²) in [6, 6.07) is 22.8. The van der Waals surface area contributed by atoms with Crippen molar-refractivity contribution < 1.29 is 0 Å². The summed E-state index contributed by atoms with van der Waals surface area (Å²) in [4.78, 5) is 0. The van der Waals surface area contributed by atoms with Gasteiger partial charge in [-0.25, -0.2) is 0 Å². The van der Waals surface area contributed by atoms with Crippen LogP contribution < -0.4 is 5.32 Å². The highest BCUT2D eigenvalue weighted by molar-refractivity contribution is 6.38. The molecule has 0 radical (unpaired) electrons. The number of nitrogens with one attached hydrogen (secondary N) is 1. The number of halogens is 1. The van der Waals surface area contributed by atoms with Gasteiger partial charge in [-0.1, -0.05) is 35.9 Å². The predicted octanol–water partition coefficient (Wildman–Crippen LogP) is 5.48. The van der Waals surface area contributed by atoms with Gasteiger partial charge in [0.15, 0.2) is 0 Å². The van der Waals surface area contributed by atoms with E-state index in [1.807, 2.05) is 25.2 Å². The Labute approximate surface area is 133 Å². The van der Waals surface area contributed by atoms with Gasteiger partial charge in [-0.3, -0.25) is 0 Å². The van der Waals surface area contributed by atoms with E-state index in [-0.39, 0.29) is 0 Å². The molecule has 0 saturated carbocycles. The van der Waals surface area contributed by atoms with Crippen molar-refractivity contribution in [1.29, 1.82) is 0 Å². The van der Waals surface area contributed by atoms with Crippen LogP contribution in [0, 0.1) is 0 Å². The largest absolute Gasteiger partial charge is 0.388 e. The van der Waals surface area contributed by atoms with Crippen molar-refractivity contribution in [2.24, 2.45) is 0 Å². The van der Waals surface area contributed by atoms with Crippen LogP contribution in [0.25, 0.3) is 27.5 Å². The fraction of sp³-hybridized carbons (Fsp3) is 0.0526. The number of fused-ring (bicyclic) bond motifs is 3. The van der Waals surface area contributed by atoms with E-state index >= 15 is 0 Å². The van der Waals surface area contributed by atoms with E-state index in [4.69, 9.17) is 11.6 Å². The van der Waals surface area contributed by atoms with Crippen molar-refractivity contribution in [3.05, 3.63) is 71.8 Å². The van der Waals surface area contributed by atoms with Crippen molar-refractivity contribution in [3.63, 3.8) is 0 Å². The highest BCUT2D eigenvalue weighted by Crippen LogP contribution is 2.37. The fourth-order valence-electron chi connectivity index (χ4n) is 3.04. The standard InChI is InChI=1S/C19H15ClN2/c1-21-13-10-11-17-15(12-13)19-16(20)8-5-9-18(19)22(17)14-6-3-2-4-7-14/h2-12,21H,1H3. The molecule has 108 valence electrons. The number of hydrogen-bond donors (Lipinski definition) is 1. The quantitative estimate of drug-likeness (QED) is 0.519. The van der Waals surface area contributed by atoms with E-state index in [0.717, 1.165) is 38.2 Å². The van der Waals surface area contributed by atoms with Crippen LogP contribution in [0.1, 0.15) is 0 Å². The lowest BCUT2D eigenvalue weighted by molar-refractivity contribution is 1.18. The molecular weight excluding hydrogens is 292 g/mol. The lowest BCUT2D eigenvalue weighted by atomic mass is 10.1. The summed E-state index contributed by atoms with van der Waals surface area (Å²) < 4.78 is 2.26. The Morgan fingerprint density at radius 2 is 1.68 bits per heavy atom. The molecule has 4 aromatic rings. The van der Waals surface area contributed by atoms with E-state index < -0.39 is 0 Å². The van der Waals surface area contributed by atoms with Crippen LogP contribution in [0.2, 0.25) is 5.02 Å². The third-order valence-electron chi connectivity index (χ3n) is 4.04. The van der Waals surface area contributed by atoms with Gasteiger partial charge < -0.3 is 9.88 Å². The van der Waals surface area contributed by atoms with Gasteiger partial charge in [0.2, 0.25) is 0 Å². The molecule has 0 amide bonds. The Kier molecular flexibility index (Phi) is 3.05. The zero-order valence-corrected chi connectivity index (χ0v) is 12.9. The van der Waals surface area contributed by atoms with Gasteiger partial charge in [0.1, 0.15) is 0 Å². The van der Waals surface area contributed by atoms with Gasteiger partial charge in [-0.15, -0.1) is 0 Å². The summed E-state index contributed by atoms with van der Waals surface area (Å²) in [5, 5.41) is 6.24. The number of nitrogens with zero attached hydrogens (tertiary/aromatic N) is 1. The van der Waals surface area contributed by atoms with Crippen LogP contribution in [0.15, 0.2) is 66.7 Å². The SMILES string of the molecule is CNc1ccc2c(c1)c1c(Cl)cccc1n2-c1ccccc1. The van der Waals surface area contributed by atoms with Gasteiger partial charge in [0.25, 0.3) is 0 Å². The van der Waals surface area contributed by atoms with Gasteiger partial charge in [-0.05, 0) is 42.5 Å². The summed E-state index contributed by atoms with van der Waals surface area (Å²) >= 11 is 6.50. The van der Waals surface area contributed by atoms with Crippen LogP contribution in [0.4, 0.5) is 5.69 Å². The van der Waals surface area contributed by atoms with E-state index in [1.165, 1.54) is 0 Å². The Bertz CT molecular complexity index is 971. The highest BCUT2D eigenvalue weighted by Gasteiger charge is 2.14. The van der Waals surface area contributed by atoms with Crippen molar-refractivity contribution in [1.82, 2.24) is 4.57 Å². The molecule has 3 aromatic carbocycles. The number of anilines is 1. The molecule has 0 spiro atoms. The highest BCUT2D eigenvalue weighted by atomic mass is 35.5. The maximum atomic E-state index is 6.50. The molecule has 3 heteroatoms. The smallest absolute Gasteiger partial charge is 0.0556 e. The van der Waals surface area contributed by atoms with E-state index in [2.05, 4.69) is 58.4 Å². The Morgan fingerprint density at radius 3 is 2.45 bits per heavy atom. The first-order valence-corrected chi connectivity index (χ1v) is 7.63.